The van der Waals surface area contributed by atoms with Gasteiger partial charge in [-0.1, -0.05) is 25.8 Å². The fourth-order valence-corrected chi connectivity index (χ4v) is 3.05. The van der Waals surface area contributed by atoms with Crippen LogP contribution in [0.15, 0.2) is 36.5 Å². The number of nitrogens with zero attached hydrogens (tertiary/aromatic N) is 1. The first kappa shape index (κ1) is 25.1. The Kier molecular flexibility index (Phi) is 9.93. The molecule has 7 heteroatoms. The summed E-state index contributed by atoms with van der Waals surface area (Å²) < 4.78 is 31.8. The van der Waals surface area contributed by atoms with E-state index in [1.54, 1.807) is 13.0 Å². The van der Waals surface area contributed by atoms with E-state index in [9.17, 15) is 8.78 Å². The normalized spacial score (nSPS) is 12.3. The Hall–Kier alpha value is -2.98. The van der Waals surface area contributed by atoms with Crippen LogP contribution in [0.25, 0.3) is 11.1 Å². The smallest absolute Gasteiger partial charge is 0.290 e. The van der Waals surface area contributed by atoms with Gasteiger partial charge in [0.15, 0.2) is 0 Å². The highest BCUT2D eigenvalue weighted by Crippen LogP contribution is 2.29. The van der Waals surface area contributed by atoms with Crippen molar-refractivity contribution in [3.63, 3.8) is 0 Å². The van der Waals surface area contributed by atoms with Gasteiger partial charge in [-0.15, -0.1) is 5.92 Å². The van der Waals surface area contributed by atoms with Gasteiger partial charge in [0.25, 0.3) is 12.9 Å². The zero-order chi connectivity index (χ0) is 22.7. The first-order valence-electron chi connectivity index (χ1n) is 9.44. The lowest BCUT2D eigenvalue weighted by molar-refractivity contribution is -0.122. The standard InChI is InChI=1S/C22H26F2N2O.CH2O2/c1-5-6-18-11-16(17-9-10-26-19(12-17)21(23)24)7-8-20(18)27-14-22(4,25)13-15(2)3;2-1-3/h7-12,15,21H,13-14,25H2,1-4H3;1H,(H,2,3)/t22-;/m0./s1. The molecule has 30 heavy (non-hydrogen) atoms. The molecule has 162 valence electrons. The number of pyridine rings is 1. The van der Waals surface area contributed by atoms with Crippen LogP contribution in [-0.4, -0.2) is 28.7 Å². The Morgan fingerprint density at radius 3 is 2.47 bits per heavy atom. The molecule has 1 heterocycles. The highest BCUT2D eigenvalue weighted by Gasteiger charge is 2.21. The summed E-state index contributed by atoms with van der Waals surface area (Å²) in [5, 5.41) is 6.89. The molecule has 0 saturated heterocycles. The number of halogens is 2. The molecule has 5 nitrogen and oxygen atoms in total. The summed E-state index contributed by atoms with van der Waals surface area (Å²) in [6, 6.07) is 8.57. The minimum absolute atomic E-state index is 0.247. The lowest BCUT2D eigenvalue weighted by atomic mass is 9.93. The molecule has 3 N–H and O–H groups in total. The van der Waals surface area contributed by atoms with Gasteiger partial charge in [0.05, 0.1) is 5.56 Å². The van der Waals surface area contributed by atoms with Crippen LogP contribution in [0.1, 0.15) is 51.8 Å². The fraction of sp³-hybridized carbons (Fsp3) is 0.391. The van der Waals surface area contributed by atoms with Crippen LogP contribution in [0.5, 0.6) is 5.75 Å². The predicted octanol–water partition coefficient (Wildman–Crippen LogP) is 4.90. The highest BCUT2D eigenvalue weighted by atomic mass is 19.3. The van der Waals surface area contributed by atoms with Crippen molar-refractivity contribution >= 4 is 6.47 Å². The van der Waals surface area contributed by atoms with Crippen molar-refractivity contribution in [2.75, 3.05) is 6.61 Å². The molecule has 2 rings (SSSR count). The van der Waals surface area contributed by atoms with E-state index in [4.69, 9.17) is 20.4 Å². The van der Waals surface area contributed by atoms with Crippen LogP contribution in [0.4, 0.5) is 8.78 Å². The zero-order valence-electron chi connectivity index (χ0n) is 17.7. The van der Waals surface area contributed by atoms with Gasteiger partial charge in [0.2, 0.25) is 0 Å². The molecule has 1 aromatic heterocycles. The van der Waals surface area contributed by atoms with Crippen LogP contribution in [0.3, 0.4) is 0 Å². The van der Waals surface area contributed by atoms with Gasteiger partial charge in [-0.2, -0.15) is 0 Å². The zero-order valence-corrected chi connectivity index (χ0v) is 17.7. The Balaban J connectivity index is 0.00000141. The maximum Gasteiger partial charge on any atom is 0.290 e. The molecule has 0 spiro atoms. The Bertz CT molecular complexity index is 888. The molecule has 1 aromatic carbocycles. The number of hydrogen-bond acceptors (Lipinski definition) is 4. The monoisotopic (exact) mass is 418 g/mol. The third kappa shape index (κ3) is 8.18. The van der Waals surface area contributed by atoms with Crippen molar-refractivity contribution in [3.05, 3.63) is 47.8 Å². The number of ether oxygens (including phenoxy) is 1. The average Bonchev–Trinajstić information content (AvgIpc) is 2.67. The van der Waals surface area contributed by atoms with E-state index in [2.05, 4.69) is 30.7 Å². The van der Waals surface area contributed by atoms with Gasteiger partial charge in [0.1, 0.15) is 18.1 Å². The van der Waals surface area contributed by atoms with E-state index in [0.29, 0.717) is 29.4 Å². The fourth-order valence-electron chi connectivity index (χ4n) is 3.05. The SMILES string of the molecule is CC#Cc1cc(-c2ccnc(C(F)F)c2)ccc1OC[C@@](C)(N)CC(C)C.O=CO. The molecule has 0 aliphatic rings. The van der Waals surface area contributed by atoms with Gasteiger partial charge in [-0.25, -0.2) is 8.78 Å². The molecule has 0 bridgehead atoms. The predicted molar refractivity (Wildman–Crippen MR) is 113 cm³/mol. The summed E-state index contributed by atoms with van der Waals surface area (Å²) in [4.78, 5) is 12.1. The number of alkyl halides is 2. The summed E-state index contributed by atoms with van der Waals surface area (Å²) in [5.74, 6) is 6.99. The molecular formula is C23H28F2N2O3. The molecule has 0 fully saturated rings. The number of rotatable bonds is 7. The minimum atomic E-state index is -2.61. The minimum Gasteiger partial charge on any atom is -0.490 e. The molecule has 1 atom stereocenters. The lowest BCUT2D eigenvalue weighted by Gasteiger charge is -2.27. The molecule has 2 aromatic rings. The maximum atomic E-state index is 12.9. The maximum absolute atomic E-state index is 12.9. The quantitative estimate of drug-likeness (QED) is 0.493. The van der Waals surface area contributed by atoms with Gasteiger partial charge in [0, 0.05) is 11.7 Å². The molecule has 0 radical (unpaired) electrons. The van der Waals surface area contributed by atoms with E-state index in [-0.39, 0.29) is 12.2 Å². The summed E-state index contributed by atoms with van der Waals surface area (Å²) in [6.07, 6.45) is -0.378. The van der Waals surface area contributed by atoms with Crippen LogP contribution in [-0.2, 0) is 4.79 Å². The molecule has 0 aliphatic carbocycles. The Labute approximate surface area is 176 Å². The summed E-state index contributed by atoms with van der Waals surface area (Å²) in [6.45, 7) is 8.07. The number of carboxylic acid groups (broad SMARTS) is 1. The van der Waals surface area contributed by atoms with Gasteiger partial charge >= 0.3 is 0 Å². The molecule has 0 amide bonds. The first-order chi connectivity index (χ1) is 14.1. The topological polar surface area (TPSA) is 85.4 Å². The van der Waals surface area contributed by atoms with Crippen LogP contribution in [0, 0.1) is 17.8 Å². The Morgan fingerprint density at radius 2 is 1.90 bits per heavy atom. The highest BCUT2D eigenvalue weighted by molar-refractivity contribution is 5.67. The largest absolute Gasteiger partial charge is 0.490 e. The van der Waals surface area contributed by atoms with Gasteiger partial charge in [-0.05, 0) is 61.6 Å². The third-order valence-electron chi connectivity index (χ3n) is 4.01. The van der Waals surface area contributed by atoms with Crippen molar-refractivity contribution < 1.29 is 23.4 Å². The van der Waals surface area contributed by atoms with Crippen LogP contribution < -0.4 is 10.5 Å². The van der Waals surface area contributed by atoms with E-state index in [1.165, 1.54) is 12.3 Å². The van der Waals surface area contributed by atoms with E-state index in [0.717, 1.165) is 12.0 Å². The van der Waals surface area contributed by atoms with Crippen molar-refractivity contribution in [3.8, 4) is 28.7 Å². The molecule has 0 unspecified atom stereocenters. The number of carbonyl (C=O) groups is 1. The summed E-state index contributed by atoms with van der Waals surface area (Å²) >= 11 is 0. The Morgan fingerprint density at radius 1 is 1.27 bits per heavy atom. The second-order valence-corrected chi connectivity index (χ2v) is 7.50. The molecular weight excluding hydrogens is 390 g/mol. The first-order valence-corrected chi connectivity index (χ1v) is 9.44. The van der Waals surface area contributed by atoms with Gasteiger partial charge in [-0.3, -0.25) is 9.78 Å². The average molecular weight is 418 g/mol. The van der Waals surface area contributed by atoms with Crippen molar-refractivity contribution in [2.24, 2.45) is 11.7 Å². The number of nitrogens with two attached hydrogens (primary N) is 1. The number of benzene rings is 1. The molecule has 0 saturated carbocycles. The van der Waals surface area contributed by atoms with Crippen LogP contribution >= 0.6 is 0 Å². The second-order valence-electron chi connectivity index (χ2n) is 7.50. The lowest BCUT2D eigenvalue weighted by Crippen LogP contribution is -2.43. The van der Waals surface area contributed by atoms with Crippen molar-refractivity contribution in [2.45, 2.75) is 46.1 Å². The number of aromatic nitrogens is 1. The molecule has 0 aliphatic heterocycles. The summed E-state index contributed by atoms with van der Waals surface area (Å²) in [7, 11) is 0. The van der Waals surface area contributed by atoms with Crippen LogP contribution in [0.2, 0.25) is 0 Å². The van der Waals surface area contributed by atoms with Gasteiger partial charge < -0.3 is 15.6 Å². The third-order valence-corrected chi connectivity index (χ3v) is 4.01. The van der Waals surface area contributed by atoms with E-state index >= 15 is 0 Å². The summed E-state index contributed by atoms with van der Waals surface area (Å²) in [5.41, 5.74) is 7.77. The van der Waals surface area contributed by atoms with E-state index < -0.39 is 12.0 Å². The second kappa shape index (κ2) is 11.9. The number of hydrogen-bond donors (Lipinski definition) is 2. The van der Waals surface area contributed by atoms with Crippen molar-refractivity contribution in [1.29, 1.82) is 0 Å². The van der Waals surface area contributed by atoms with Crippen molar-refractivity contribution in [1.82, 2.24) is 4.98 Å². The van der Waals surface area contributed by atoms with E-state index in [1.807, 2.05) is 25.1 Å².